The molecule has 142 valence electrons. The first-order valence-corrected chi connectivity index (χ1v) is 8.47. The number of ether oxygens (including phenoxy) is 2. The van der Waals surface area contributed by atoms with Crippen LogP contribution in [0.4, 0.5) is 23.4 Å². The molecule has 25 heavy (non-hydrogen) atoms. The largest absolute Gasteiger partial charge is 0.534 e. The number of pyridine rings is 1. The molecule has 0 aromatic carbocycles. The van der Waals surface area contributed by atoms with Crippen LogP contribution < -0.4 is 9.50 Å². The Kier molecular flexibility index (Phi) is 5.44. The Labute approximate surface area is 141 Å². The van der Waals surface area contributed by atoms with Gasteiger partial charge >= 0.3 is 15.6 Å². The van der Waals surface area contributed by atoms with Crippen molar-refractivity contribution in [3.8, 4) is 5.88 Å². The number of halogens is 4. The van der Waals surface area contributed by atoms with Gasteiger partial charge in [-0.3, -0.25) is 0 Å². The van der Waals surface area contributed by atoms with Gasteiger partial charge in [0.2, 0.25) is 5.88 Å². The van der Waals surface area contributed by atoms with E-state index in [1.54, 1.807) is 13.8 Å². The maximum atomic E-state index is 13.7. The minimum atomic E-state index is -5.89. The van der Waals surface area contributed by atoms with E-state index in [1.165, 1.54) is 0 Å². The minimum absolute atomic E-state index is 0.0445. The van der Waals surface area contributed by atoms with E-state index in [1.807, 2.05) is 0 Å². The zero-order valence-electron chi connectivity index (χ0n) is 13.3. The van der Waals surface area contributed by atoms with Gasteiger partial charge in [0.05, 0.1) is 24.9 Å². The molecule has 0 bridgehead atoms. The Morgan fingerprint density at radius 2 is 2.08 bits per heavy atom. The van der Waals surface area contributed by atoms with Gasteiger partial charge in [-0.25, -0.2) is 4.39 Å². The molecule has 1 saturated heterocycles. The zero-order chi connectivity index (χ0) is 18.9. The minimum Gasteiger partial charge on any atom is -0.376 e. The maximum Gasteiger partial charge on any atom is 0.534 e. The Bertz CT molecular complexity index is 724. The Morgan fingerprint density at radius 1 is 1.40 bits per heavy atom. The first-order valence-electron chi connectivity index (χ1n) is 7.06. The zero-order valence-corrected chi connectivity index (χ0v) is 14.1. The summed E-state index contributed by atoms with van der Waals surface area (Å²) < 4.78 is 87.4. The van der Waals surface area contributed by atoms with E-state index in [4.69, 9.17) is 9.47 Å². The number of hydrogen-bond donors (Lipinski definition) is 1. The third kappa shape index (κ3) is 5.16. The summed E-state index contributed by atoms with van der Waals surface area (Å²) in [4.78, 5) is 3.41. The molecule has 2 heterocycles. The quantitative estimate of drug-likeness (QED) is 0.469. The highest BCUT2D eigenvalue weighted by molar-refractivity contribution is 7.87. The number of hydrogen-bond acceptors (Lipinski definition) is 7. The Hall–Kier alpha value is -1.66. The molecule has 0 radical (unpaired) electrons. The van der Waals surface area contributed by atoms with E-state index >= 15 is 0 Å². The molecule has 0 amide bonds. The van der Waals surface area contributed by atoms with Crippen LogP contribution in [0.15, 0.2) is 12.1 Å². The summed E-state index contributed by atoms with van der Waals surface area (Å²) in [6, 6.07) is 1.41. The molecule has 1 aromatic heterocycles. The van der Waals surface area contributed by atoms with Crippen LogP contribution in [0.3, 0.4) is 0 Å². The van der Waals surface area contributed by atoms with Gasteiger partial charge in [0.15, 0.2) is 11.6 Å². The number of alkyl halides is 3. The Morgan fingerprint density at radius 3 is 2.68 bits per heavy atom. The number of rotatable bonds is 5. The van der Waals surface area contributed by atoms with Gasteiger partial charge < -0.3 is 19.0 Å². The predicted octanol–water partition coefficient (Wildman–Crippen LogP) is 2.05. The molecule has 0 aliphatic carbocycles. The van der Waals surface area contributed by atoms with Crippen molar-refractivity contribution < 1.29 is 39.6 Å². The molecule has 1 N–H and O–H groups in total. The summed E-state index contributed by atoms with van der Waals surface area (Å²) in [6.45, 7) is 4.26. The standard InChI is InChI=1S/C13H16F4N2O5S/c1-12(2)7-22-6-8(23-12)5-18-11-9(14)3-4-10(19-11)24-25(20,21)13(15,16)17/h3-4,8H,5-7H2,1-2H3,(H,18,19). The number of aromatic nitrogens is 1. The second-order valence-electron chi connectivity index (χ2n) is 5.86. The van der Waals surface area contributed by atoms with Crippen LogP contribution in [0.1, 0.15) is 13.8 Å². The van der Waals surface area contributed by atoms with Crippen molar-refractivity contribution in [3.63, 3.8) is 0 Å². The van der Waals surface area contributed by atoms with Gasteiger partial charge in [0.1, 0.15) is 0 Å². The molecule has 1 fully saturated rings. The van der Waals surface area contributed by atoms with Crippen LogP contribution in [0.5, 0.6) is 5.88 Å². The van der Waals surface area contributed by atoms with Gasteiger partial charge in [0, 0.05) is 12.6 Å². The highest BCUT2D eigenvalue weighted by Gasteiger charge is 2.48. The van der Waals surface area contributed by atoms with Gasteiger partial charge in [-0.2, -0.15) is 26.6 Å². The predicted molar refractivity (Wildman–Crippen MR) is 78.1 cm³/mol. The molecule has 1 aromatic rings. The third-order valence-corrected chi connectivity index (χ3v) is 3.99. The monoisotopic (exact) mass is 388 g/mol. The van der Waals surface area contributed by atoms with E-state index in [-0.39, 0.29) is 13.2 Å². The van der Waals surface area contributed by atoms with Gasteiger partial charge in [-0.15, -0.1) is 0 Å². The topological polar surface area (TPSA) is 86.8 Å². The molecular formula is C13H16F4N2O5S. The summed E-state index contributed by atoms with van der Waals surface area (Å²) in [5.74, 6) is -2.28. The molecule has 2 rings (SSSR count). The van der Waals surface area contributed by atoms with Crippen LogP contribution in [0.25, 0.3) is 0 Å². The van der Waals surface area contributed by atoms with E-state index in [0.717, 1.165) is 6.07 Å². The van der Waals surface area contributed by atoms with Crippen molar-refractivity contribution in [1.82, 2.24) is 4.98 Å². The van der Waals surface area contributed by atoms with Gasteiger partial charge in [-0.1, -0.05) is 0 Å². The molecule has 0 spiro atoms. The third-order valence-electron chi connectivity index (χ3n) is 3.04. The average molecular weight is 388 g/mol. The van der Waals surface area contributed by atoms with E-state index in [0.29, 0.717) is 12.7 Å². The molecule has 7 nitrogen and oxygen atoms in total. The van der Waals surface area contributed by atoms with E-state index < -0.39 is 44.8 Å². The summed E-state index contributed by atoms with van der Waals surface area (Å²) in [5.41, 5.74) is -6.15. The lowest BCUT2D eigenvalue weighted by atomic mass is 10.1. The molecule has 12 heteroatoms. The number of nitrogens with zero attached hydrogens (tertiary/aromatic N) is 1. The summed E-state index contributed by atoms with van der Waals surface area (Å²) in [5, 5.41) is 2.54. The molecule has 1 aliphatic heterocycles. The second-order valence-corrected chi connectivity index (χ2v) is 7.40. The van der Waals surface area contributed by atoms with E-state index in [2.05, 4.69) is 14.5 Å². The number of nitrogens with one attached hydrogen (secondary N) is 1. The summed E-state index contributed by atoms with van der Waals surface area (Å²) >= 11 is 0. The van der Waals surface area contributed by atoms with Gasteiger partial charge in [-0.05, 0) is 19.9 Å². The first kappa shape index (κ1) is 19.7. The van der Waals surface area contributed by atoms with E-state index in [9.17, 15) is 26.0 Å². The highest BCUT2D eigenvalue weighted by Crippen LogP contribution is 2.27. The van der Waals surface area contributed by atoms with Crippen LogP contribution in [0, 0.1) is 5.82 Å². The lowest BCUT2D eigenvalue weighted by molar-refractivity contribution is -0.177. The SMILES string of the molecule is CC1(C)COCC(CNc2nc(OS(=O)(=O)C(F)(F)F)ccc2F)O1. The fourth-order valence-corrected chi connectivity index (χ4v) is 2.43. The number of anilines is 1. The van der Waals surface area contributed by atoms with Crippen LogP contribution in [-0.4, -0.2) is 50.4 Å². The first-order chi connectivity index (χ1) is 11.4. The fraction of sp³-hybridized carbons (Fsp3) is 0.615. The highest BCUT2D eigenvalue weighted by atomic mass is 32.2. The second kappa shape index (κ2) is 6.92. The summed E-state index contributed by atoms with van der Waals surface area (Å²) in [7, 11) is -5.89. The van der Waals surface area contributed by atoms with Gasteiger partial charge in [0.25, 0.3) is 0 Å². The normalized spacial score (nSPS) is 21.0. The van der Waals surface area contributed by atoms with Crippen LogP contribution in [-0.2, 0) is 19.6 Å². The molecule has 1 unspecified atom stereocenters. The molecule has 0 saturated carbocycles. The molecule has 1 atom stereocenters. The summed E-state index contributed by atoms with van der Waals surface area (Å²) in [6.07, 6.45) is -0.451. The lowest BCUT2D eigenvalue weighted by Crippen LogP contribution is -2.45. The molecular weight excluding hydrogens is 372 g/mol. The Balaban J connectivity index is 2.07. The van der Waals surface area contributed by atoms with Crippen molar-refractivity contribution in [2.24, 2.45) is 0 Å². The van der Waals surface area contributed by atoms with Crippen molar-refractivity contribution in [1.29, 1.82) is 0 Å². The molecule has 1 aliphatic rings. The smallest absolute Gasteiger partial charge is 0.376 e. The van der Waals surface area contributed by atoms with Crippen molar-refractivity contribution >= 4 is 15.9 Å². The van der Waals surface area contributed by atoms with Crippen molar-refractivity contribution in [2.75, 3.05) is 25.1 Å². The van der Waals surface area contributed by atoms with Crippen LogP contribution in [0.2, 0.25) is 0 Å². The fourth-order valence-electron chi connectivity index (χ4n) is 2.02. The lowest BCUT2D eigenvalue weighted by Gasteiger charge is -2.36. The van der Waals surface area contributed by atoms with Crippen molar-refractivity contribution in [3.05, 3.63) is 17.9 Å². The van der Waals surface area contributed by atoms with Crippen molar-refractivity contribution in [2.45, 2.75) is 31.1 Å². The maximum absolute atomic E-state index is 13.7. The average Bonchev–Trinajstić information content (AvgIpc) is 2.45. The van der Waals surface area contributed by atoms with Crippen LogP contribution >= 0.6 is 0 Å².